The molecule has 0 heterocycles. The van der Waals surface area contributed by atoms with Crippen molar-refractivity contribution >= 4 is 10.7 Å². The molecule has 0 atom stereocenters. The zero-order chi connectivity index (χ0) is 9.84. The minimum Gasteiger partial charge on any atom is -0.495 e. The molecule has 1 aromatic carbocycles. The second kappa shape index (κ2) is 4.28. The Labute approximate surface area is 79.3 Å². The summed E-state index contributed by atoms with van der Waals surface area (Å²) in [7, 11) is -1.11. The molecule has 0 aliphatic carbocycles. The molecule has 0 radical (unpaired) electrons. The first-order chi connectivity index (χ1) is 6.19. The van der Waals surface area contributed by atoms with Gasteiger partial charge in [-0.1, -0.05) is 13.0 Å². The van der Waals surface area contributed by atoms with Crippen LogP contribution in [0.3, 0.4) is 0 Å². The zero-order valence-corrected chi connectivity index (χ0v) is 8.51. The minimum atomic E-state index is -2.57. The molecule has 0 aromatic heterocycles. The van der Waals surface area contributed by atoms with Crippen molar-refractivity contribution in [1.29, 1.82) is 0 Å². The lowest BCUT2D eigenvalue weighted by atomic mass is 10.2. The monoisotopic (exact) mass is 200 g/mol. The molecule has 1 rings (SSSR count). The van der Waals surface area contributed by atoms with Crippen LogP contribution < -0.4 is 4.74 Å². The third-order valence-electron chi connectivity index (χ3n) is 1.85. The van der Waals surface area contributed by atoms with Crippen LogP contribution in [-0.4, -0.2) is 15.5 Å². The fraction of sp³-hybridized carbons (Fsp3) is 0.333. The van der Waals surface area contributed by atoms with Gasteiger partial charge in [-0.3, -0.25) is 0 Å². The van der Waals surface area contributed by atoms with Crippen molar-refractivity contribution < 1.29 is 13.2 Å². The van der Waals surface area contributed by atoms with Gasteiger partial charge in [0.05, 0.1) is 7.11 Å². The lowest BCUT2D eigenvalue weighted by Gasteiger charge is -2.04. The lowest BCUT2D eigenvalue weighted by Crippen LogP contribution is -1.92. The zero-order valence-electron chi connectivity index (χ0n) is 7.61. The van der Waals surface area contributed by atoms with Crippen LogP contribution in [0.25, 0.3) is 0 Å². The van der Waals surface area contributed by atoms with Crippen LogP contribution in [0.1, 0.15) is 12.5 Å². The molecule has 13 heavy (non-hydrogen) atoms. The molecule has 0 unspecified atom stereocenters. The van der Waals surface area contributed by atoms with E-state index in [1.54, 1.807) is 12.1 Å². The van der Waals surface area contributed by atoms with E-state index in [1.807, 2.05) is 13.0 Å². The highest BCUT2D eigenvalue weighted by molar-refractivity contribution is 7.72. The van der Waals surface area contributed by atoms with E-state index in [4.69, 9.17) is 4.74 Å². The van der Waals surface area contributed by atoms with Gasteiger partial charge in [0.2, 0.25) is 0 Å². The van der Waals surface area contributed by atoms with Gasteiger partial charge in [0.25, 0.3) is 0 Å². The van der Waals surface area contributed by atoms with E-state index in [0.717, 1.165) is 12.0 Å². The van der Waals surface area contributed by atoms with E-state index in [9.17, 15) is 8.42 Å². The molecule has 1 aromatic rings. The Kier molecular flexibility index (Phi) is 3.31. The first kappa shape index (κ1) is 10.1. The molecule has 0 saturated heterocycles. The molecule has 0 spiro atoms. The number of benzene rings is 1. The standard InChI is InChI=1S/C9H12O3S/c1-3-7-4-5-8(12-2)9(6-7)13(10)11/h4-6,13H,3H2,1-2H3. The van der Waals surface area contributed by atoms with Gasteiger partial charge >= 0.3 is 0 Å². The number of hydrogen-bond acceptors (Lipinski definition) is 3. The van der Waals surface area contributed by atoms with Crippen LogP contribution in [0, 0.1) is 0 Å². The summed E-state index contributed by atoms with van der Waals surface area (Å²) in [5, 5.41) is 0. The smallest absolute Gasteiger partial charge is 0.171 e. The molecule has 0 amide bonds. The molecule has 4 heteroatoms. The van der Waals surface area contributed by atoms with E-state index in [1.165, 1.54) is 7.11 Å². The fourth-order valence-corrected chi connectivity index (χ4v) is 1.72. The van der Waals surface area contributed by atoms with Gasteiger partial charge in [-0.15, -0.1) is 0 Å². The van der Waals surface area contributed by atoms with Gasteiger partial charge in [-0.05, 0) is 24.1 Å². The molecule has 3 nitrogen and oxygen atoms in total. The van der Waals surface area contributed by atoms with Crippen LogP contribution in [0.15, 0.2) is 23.1 Å². The molecule has 0 aliphatic rings. The normalized spacial score (nSPS) is 10.4. The first-order valence-electron chi connectivity index (χ1n) is 4.00. The SMILES string of the molecule is CCc1ccc(OC)c([SH](=O)=O)c1. The van der Waals surface area contributed by atoms with Crippen molar-refractivity contribution in [3.63, 3.8) is 0 Å². The summed E-state index contributed by atoms with van der Waals surface area (Å²) in [5.74, 6) is 0.410. The van der Waals surface area contributed by atoms with E-state index >= 15 is 0 Å². The van der Waals surface area contributed by atoms with Crippen molar-refractivity contribution in [2.45, 2.75) is 18.2 Å². The Balaban J connectivity index is 3.26. The van der Waals surface area contributed by atoms with Crippen molar-refractivity contribution in [2.75, 3.05) is 7.11 Å². The Bertz CT molecular complexity index is 361. The Morgan fingerprint density at radius 1 is 1.38 bits per heavy atom. The highest BCUT2D eigenvalue weighted by Gasteiger charge is 2.05. The molecule has 0 N–H and O–H groups in total. The van der Waals surface area contributed by atoms with Gasteiger partial charge in [0, 0.05) is 0 Å². The van der Waals surface area contributed by atoms with Gasteiger partial charge in [0.1, 0.15) is 10.6 Å². The van der Waals surface area contributed by atoms with Gasteiger partial charge in [-0.2, -0.15) is 0 Å². The van der Waals surface area contributed by atoms with Crippen LogP contribution in [0.5, 0.6) is 5.75 Å². The van der Waals surface area contributed by atoms with Crippen molar-refractivity contribution in [3.05, 3.63) is 23.8 Å². The maximum absolute atomic E-state index is 10.8. The fourth-order valence-electron chi connectivity index (χ4n) is 1.10. The minimum absolute atomic E-state index is 0.261. The first-order valence-corrected chi connectivity index (χ1v) is 5.18. The van der Waals surface area contributed by atoms with Crippen LogP contribution in [0.4, 0.5) is 0 Å². The Hall–Kier alpha value is -1.03. The van der Waals surface area contributed by atoms with Crippen LogP contribution >= 0.6 is 0 Å². The maximum Gasteiger partial charge on any atom is 0.171 e. The number of ether oxygens (including phenoxy) is 1. The topological polar surface area (TPSA) is 43.4 Å². The molecule has 0 saturated carbocycles. The third-order valence-corrected chi connectivity index (χ3v) is 2.59. The largest absolute Gasteiger partial charge is 0.495 e. The lowest BCUT2D eigenvalue weighted by molar-refractivity contribution is 0.403. The van der Waals surface area contributed by atoms with Gasteiger partial charge in [0.15, 0.2) is 10.7 Å². The Morgan fingerprint density at radius 2 is 2.08 bits per heavy atom. The average molecular weight is 200 g/mol. The summed E-state index contributed by atoms with van der Waals surface area (Å²) in [4.78, 5) is 0.261. The number of hydrogen-bond donors (Lipinski definition) is 1. The highest BCUT2D eigenvalue weighted by atomic mass is 32.2. The second-order valence-corrected chi connectivity index (χ2v) is 3.61. The van der Waals surface area contributed by atoms with Crippen molar-refractivity contribution in [1.82, 2.24) is 0 Å². The predicted octanol–water partition coefficient (Wildman–Crippen LogP) is 1.23. The summed E-state index contributed by atoms with van der Waals surface area (Å²) in [5.41, 5.74) is 0.995. The van der Waals surface area contributed by atoms with Crippen LogP contribution in [0.2, 0.25) is 0 Å². The van der Waals surface area contributed by atoms with Gasteiger partial charge < -0.3 is 4.74 Å². The average Bonchev–Trinajstić information content (AvgIpc) is 2.16. The number of rotatable bonds is 3. The number of methoxy groups -OCH3 is 1. The third kappa shape index (κ3) is 2.21. The van der Waals surface area contributed by atoms with Crippen LogP contribution in [-0.2, 0) is 17.1 Å². The van der Waals surface area contributed by atoms with E-state index < -0.39 is 10.7 Å². The summed E-state index contributed by atoms with van der Waals surface area (Å²) in [6.07, 6.45) is 0.820. The quantitative estimate of drug-likeness (QED) is 0.746. The van der Waals surface area contributed by atoms with E-state index in [2.05, 4.69) is 0 Å². The molecule has 0 fully saturated rings. The number of aryl methyl sites for hydroxylation is 1. The molecular formula is C9H12O3S. The summed E-state index contributed by atoms with van der Waals surface area (Å²) < 4.78 is 26.5. The summed E-state index contributed by atoms with van der Waals surface area (Å²) >= 11 is 0. The van der Waals surface area contributed by atoms with E-state index in [0.29, 0.717) is 5.75 Å². The molecule has 72 valence electrons. The summed E-state index contributed by atoms with van der Waals surface area (Å²) in [6.45, 7) is 1.98. The molecular weight excluding hydrogens is 188 g/mol. The molecule has 0 bridgehead atoms. The predicted molar refractivity (Wildman–Crippen MR) is 51.0 cm³/mol. The Morgan fingerprint density at radius 3 is 2.54 bits per heavy atom. The van der Waals surface area contributed by atoms with E-state index in [-0.39, 0.29) is 4.90 Å². The van der Waals surface area contributed by atoms with Crippen molar-refractivity contribution in [3.8, 4) is 5.75 Å². The molecule has 0 aliphatic heterocycles. The maximum atomic E-state index is 10.8. The van der Waals surface area contributed by atoms with Gasteiger partial charge in [-0.25, -0.2) is 8.42 Å². The number of thiol groups is 1. The highest BCUT2D eigenvalue weighted by Crippen LogP contribution is 2.21. The van der Waals surface area contributed by atoms with Crippen molar-refractivity contribution in [2.24, 2.45) is 0 Å². The summed E-state index contributed by atoms with van der Waals surface area (Å²) in [6, 6.07) is 5.19. The second-order valence-electron chi connectivity index (χ2n) is 2.62.